The van der Waals surface area contributed by atoms with Crippen molar-refractivity contribution in [3.05, 3.63) is 29.8 Å². The van der Waals surface area contributed by atoms with Crippen LogP contribution in [0.2, 0.25) is 0 Å². The fourth-order valence-corrected chi connectivity index (χ4v) is 0.718. The van der Waals surface area contributed by atoms with Crippen molar-refractivity contribution in [2.24, 2.45) is 16.5 Å². The van der Waals surface area contributed by atoms with Crippen molar-refractivity contribution >= 4 is 11.6 Å². The number of hydrogen-bond donors (Lipinski definition) is 2. The van der Waals surface area contributed by atoms with E-state index < -0.39 is 11.6 Å². The summed E-state index contributed by atoms with van der Waals surface area (Å²) < 4.78 is 25.3. The SMILES string of the molecule is NC(N)=Nc1cccc(F)c1F. The van der Waals surface area contributed by atoms with Gasteiger partial charge < -0.3 is 11.5 Å². The predicted octanol–water partition coefficient (Wildman–Crippen LogP) is 0.870. The van der Waals surface area contributed by atoms with E-state index in [1.807, 2.05) is 0 Å². The van der Waals surface area contributed by atoms with Crippen molar-refractivity contribution in [1.29, 1.82) is 0 Å². The number of hydrogen-bond acceptors (Lipinski definition) is 1. The number of guanidine groups is 1. The molecule has 0 fully saturated rings. The summed E-state index contributed by atoms with van der Waals surface area (Å²) >= 11 is 0. The summed E-state index contributed by atoms with van der Waals surface area (Å²) in [6, 6.07) is 3.58. The van der Waals surface area contributed by atoms with Gasteiger partial charge in [0.1, 0.15) is 5.69 Å². The van der Waals surface area contributed by atoms with Crippen molar-refractivity contribution in [3.63, 3.8) is 0 Å². The molecule has 64 valence electrons. The third-order valence-electron chi connectivity index (χ3n) is 1.18. The first-order chi connectivity index (χ1) is 5.61. The molecule has 3 nitrogen and oxygen atoms in total. The minimum atomic E-state index is -1.05. The summed E-state index contributed by atoms with van der Waals surface area (Å²) in [4.78, 5) is 3.38. The Labute approximate surface area is 67.7 Å². The lowest BCUT2D eigenvalue weighted by molar-refractivity contribution is 0.510. The van der Waals surface area contributed by atoms with Crippen LogP contribution in [0.25, 0.3) is 0 Å². The van der Waals surface area contributed by atoms with Gasteiger partial charge in [-0.25, -0.2) is 13.8 Å². The fourth-order valence-electron chi connectivity index (χ4n) is 0.718. The third-order valence-corrected chi connectivity index (χ3v) is 1.18. The molecule has 0 aliphatic rings. The minimum Gasteiger partial charge on any atom is -0.370 e. The first-order valence-electron chi connectivity index (χ1n) is 3.15. The summed E-state index contributed by atoms with van der Waals surface area (Å²) in [6.07, 6.45) is 0. The lowest BCUT2D eigenvalue weighted by atomic mass is 10.3. The predicted molar refractivity (Wildman–Crippen MR) is 41.8 cm³/mol. The molecule has 1 rings (SSSR count). The van der Waals surface area contributed by atoms with Crippen molar-refractivity contribution < 1.29 is 8.78 Å². The maximum atomic E-state index is 12.8. The van der Waals surface area contributed by atoms with Gasteiger partial charge in [-0.3, -0.25) is 0 Å². The Morgan fingerprint density at radius 3 is 2.50 bits per heavy atom. The summed E-state index contributed by atoms with van der Waals surface area (Å²) in [5, 5.41) is 0. The third kappa shape index (κ3) is 1.69. The van der Waals surface area contributed by atoms with Crippen LogP contribution in [0, 0.1) is 11.6 Å². The molecule has 5 heteroatoms. The molecule has 0 spiro atoms. The number of benzene rings is 1. The zero-order valence-electron chi connectivity index (χ0n) is 6.09. The summed E-state index contributed by atoms with van der Waals surface area (Å²) in [6.45, 7) is 0. The number of aliphatic imine (C=N–C) groups is 1. The Morgan fingerprint density at radius 2 is 1.92 bits per heavy atom. The van der Waals surface area contributed by atoms with Crippen molar-refractivity contribution in [1.82, 2.24) is 0 Å². The van der Waals surface area contributed by atoms with Gasteiger partial charge in [0.15, 0.2) is 17.6 Å². The molecule has 0 aliphatic carbocycles. The Bertz CT molecular complexity index is 318. The van der Waals surface area contributed by atoms with E-state index in [0.717, 1.165) is 6.07 Å². The molecule has 0 amide bonds. The van der Waals surface area contributed by atoms with Crippen LogP contribution < -0.4 is 11.5 Å². The minimum absolute atomic E-state index is 0.199. The van der Waals surface area contributed by atoms with Crippen LogP contribution in [0.15, 0.2) is 23.2 Å². The van der Waals surface area contributed by atoms with Crippen LogP contribution in [0.5, 0.6) is 0 Å². The van der Waals surface area contributed by atoms with E-state index in [9.17, 15) is 8.78 Å². The normalized spacial score (nSPS) is 9.50. The Kier molecular flexibility index (Phi) is 2.23. The highest BCUT2D eigenvalue weighted by molar-refractivity contribution is 5.79. The maximum Gasteiger partial charge on any atom is 0.191 e. The standard InChI is InChI=1S/C7H7F2N3/c8-4-2-1-3-5(6(4)9)12-7(10)11/h1-3H,(H4,10,11,12). The molecule has 0 saturated heterocycles. The van der Waals surface area contributed by atoms with Gasteiger partial charge in [-0.2, -0.15) is 0 Å². The Morgan fingerprint density at radius 1 is 1.25 bits per heavy atom. The van der Waals surface area contributed by atoms with E-state index in [0.29, 0.717) is 0 Å². The molecule has 0 saturated carbocycles. The van der Waals surface area contributed by atoms with Crippen LogP contribution >= 0.6 is 0 Å². The van der Waals surface area contributed by atoms with E-state index in [-0.39, 0.29) is 11.6 Å². The second kappa shape index (κ2) is 3.17. The highest BCUT2D eigenvalue weighted by atomic mass is 19.2. The molecule has 0 bridgehead atoms. The first kappa shape index (κ1) is 8.45. The lowest BCUT2D eigenvalue weighted by Crippen LogP contribution is -2.22. The molecule has 12 heavy (non-hydrogen) atoms. The topological polar surface area (TPSA) is 64.4 Å². The van der Waals surface area contributed by atoms with Gasteiger partial charge >= 0.3 is 0 Å². The quantitative estimate of drug-likeness (QED) is 0.486. The van der Waals surface area contributed by atoms with Crippen LogP contribution in [-0.4, -0.2) is 5.96 Å². The summed E-state index contributed by atoms with van der Waals surface area (Å²) in [5.41, 5.74) is 9.77. The zero-order chi connectivity index (χ0) is 9.14. The van der Waals surface area contributed by atoms with E-state index in [2.05, 4.69) is 4.99 Å². The van der Waals surface area contributed by atoms with Gasteiger partial charge in [-0.05, 0) is 12.1 Å². The van der Waals surface area contributed by atoms with Gasteiger partial charge in [0.25, 0.3) is 0 Å². The van der Waals surface area contributed by atoms with Crippen molar-refractivity contribution in [2.75, 3.05) is 0 Å². The highest BCUT2D eigenvalue weighted by Crippen LogP contribution is 2.18. The van der Waals surface area contributed by atoms with Crippen LogP contribution in [0.3, 0.4) is 0 Å². The molecule has 0 aliphatic heterocycles. The van der Waals surface area contributed by atoms with E-state index in [4.69, 9.17) is 11.5 Å². The summed E-state index contributed by atoms with van der Waals surface area (Å²) in [7, 11) is 0. The molecule has 0 unspecified atom stereocenters. The summed E-state index contributed by atoms with van der Waals surface area (Å²) in [5.74, 6) is -2.33. The molecule has 4 N–H and O–H groups in total. The molecule has 0 radical (unpaired) electrons. The van der Waals surface area contributed by atoms with E-state index >= 15 is 0 Å². The molecule has 0 aromatic heterocycles. The molecule has 1 aromatic rings. The average Bonchev–Trinajstić information content (AvgIpc) is 1.98. The molecular formula is C7H7F2N3. The van der Waals surface area contributed by atoms with Gasteiger partial charge in [-0.1, -0.05) is 6.07 Å². The van der Waals surface area contributed by atoms with Gasteiger partial charge in [0.05, 0.1) is 0 Å². The van der Waals surface area contributed by atoms with Gasteiger partial charge in [-0.15, -0.1) is 0 Å². The van der Waals surface area contributed by atoms with E-state index in [1.54, 1.807) is 0 Å². The van der Waals surface area contributed by atoms with Crippen LogP contribution in [-0.2, 0) is 0 Å². The average molecular weight is 171 g/mol. The molecular weight excluding hydrogens is 164 g/mol. The number of halogens is 2. The van der Waals surface area contributed by atoms with E-state index in [1.165, 1.54) is 12.1 Å². The van der Waals surface area contributed by atoms with Crippen molar-refractivity contribution in [3.8, 4) is 0 Å². The largest absolute Gasteiger partial charge is 0.370 e. The second-order valence-corrected chi connectivity index (χ2v) is 2.11. The zero-order valence-corrected chi connectivity index (χ0v) is 6.09. The van der Waals surface area contributed by atoms with Crippen LogP contribution in [0.4, 0.5) is 14.5 Å². The van der Waals surface area contributed by atoms with Gasteiger partial charge in [0.2, 0.25) is 0 Å². The Balaban J connectivity index is 3.17. The second-order valence-electron chi connectivity index (χ2n) is 2.11. The van der Waals surface area contributed by atoms with Crippen molar-refractivity contribution in [2.45, 2.75) is 0 Å². The fraction of sp³-hybridized carbons (Fsp3) is 0. The Hall–Kier alpha value is -1.65. The first-order valence-corrected chi connectivity index (χ1v) is 3.15. The highest BCUT2D eigenvalue weighted by Gasteiger charge is 2.05. The number of nitrogens with two attached hydrogens (primary N) is 2. The lowest BCUT2D eigenvalue weighted by Gasteiger charge is -1.97. The smallest absolute Gasteiger partial charge is 0.191 e. The maximum absolute atomic E-state index is 12.8. The molecule has 1 aromatic carbocycles. The molecule has 0 heterocycles. The number of rotatable bonds is 1. The monoisotopic (exact) mass is 171 g/mol. The van der Waals surface area contributed by atoms with Gasteiger partial charge in [0, 0.05) is 0 Å². The number of nitrogens with zero attached hydrogens (tertiary/aromatic N) is 1. The molecule has 0 atom stereocenters. The van der Waals surface area contributed by atoms with Crippen LogP contribution in [0.1, 0.15) is 0 Å².